The van der Waals surface area contributed by atoms with Gasteiger partial charge in [-0.15, -0.1) is 0 Å². The number of likely N-dealkylation sites (N-methyl/N-ethyl adjacent to an activating group) is 1. The molecule has 0 bridgehead atoms. The van der Waals surface area contributed by atoms with Crippen molar-refractivity contribution in [3.63, 3.8) is 0 Å². The summed E-state index contributed by atoms with van der Waals surface area (Å²) in [5.41, 5.74) is 4.63. The summed E-state index contributed by atoms with van der Waals surface area (Å²) in [5, 5.41) is 1.77. The molecule has 1 amide bonds. The third-order valence-corrected chi connectivity index (χ3v) is 6.14. The molecule has 0 aliphatic rings. The lowest BCUT2D eigenvalue weighted by molar-refractivity contribution is 0.0764. The Morgan fingerprint density at radius 3 is 2.39 bits per heavy atom. The summed E-state index contributed by atoms with van der Waals surface area (Å²) >= 11 is 6.29. The number of pyridine rings is 1. The number of halogens is 1. The van der Waals surface area contributed by atoms with Crippen molar-refractivity contribution in [1.29, 1.82) is 0 Å². The van der Waals surface area contributed by atoms with Crippen molar-refractivity contribution in [2.75, 3.05) is 39.9 Å². The number of carbonyl (C=O) groups is 1. The Kier molecular flexibility index (Phi) is 9.24. The van der Waals surface area contributed by atoms with Gasteiger partial charge in [0, 0.05) is 54.8 Å². The highest BCUT2D eigenvalue weighted by atomic mass is 35.5. The average molecular weight is 468 g/mol. The predicted octanol–water partition coefficient (Wildman–Crippen LogP) is 5.90. The van der Waals surface area contributed by atoms with Crippen molar-refractivity contribution in [3.8, 4) is 11.3 Å². The van der Waals surface area contributed by atoms with Gasteiger partial charge in [-0.1, -0.05) is 43.6 Å². The fourth-order valence-electron chi connectivity index (χ4n) is 4.00. The van der Waals surface area contributed by atoms with E-state index < -0.39 is 0 Å². The fraction of sp³-hybridized carbons (Fsp3) is 0.407. The maximum Gasteiger partial charge on any atom is 0.253 e. The summed E-state index contributed by atoms with van der Waals surface area (Å²) in [6.45, 7) is 11.0. The lowest BCUT2D eigenvalue weighted by Crippen LogP contribution is -2.31. The number of nitrogens with zero attached hydrogens (tertiary/aromatic N) is 3. The lowest BCUT2D eigenvalue weighted by Gasteiger charge is -2.21. The maximum atomic E-state index is 12.8. The molecular formula is C27H34ClN3O2. The molecule has 0 radical (unpaired) electrons. The minimum atomic E-state index is 0.0709. The van der Waals surface area contributed by atoms with Gasteiger partial charge in [0.2, 0.25) is 0 Å². The van der Waals surface area contributed by atoms with E-state index in [1.807, 2.05) is 54.3 Å². The van der Waals surface area contributed by atoms with Crippen LogP contribution in [0.3, 0.4) is 0 Å². The second kappa shape index (κ2) is 12.1. The minimum Gasteiger partial charge on any atom is -0.383 e. The minimum absolute atomic E-state index is 0.0709. The van der Waals surface area contributed by atoms with Gasteiger partial charge in [-0.2, -0.15) is 0 Å². The molecule has 2 aromatic carbocycles. The van der Waals surface area contributed by atoms with Crippen molar-refractivity contribution in [3.05, 3.63) is 64.7 Å². The van der Waals surface area contributed by atoms with Gasteiger partial charge in [-0.05, 0) is 55.8 Å². The zero-order chi connectivity index (χ0) is 23.8. The van der Waals surface area contributed by atoms with E-state index in [4.69, 9.17) is 21.3 Å². The first-order chi connectivity index (χ1) is 16.0. The Bertz CT molecular complexity index is 1070. The molecule has 6 heteroatoms. The van der Waals surface area contributed by atoms with Crippen LogP contribution in [-0.2, 0) is 11.3 Å². The SMILES string of the molecule is CCCN(CC)C(=O)c1ccc(-c2cc(CN(CC)CCOC)c3ccc(Cl)cc3n2)cc1. The predicted molar refractivity (Wildman–Crippen MR) is 137 cm³/mol. The number of hydrogen-bond acceptors (Lipinski definition) is 4. The fourth-order valence-corrected chi connectivity index (χ4v) is 4.17. The molecule has 0 aliphatic carbocycles. The van der Waals surface area contributed by atoms with Crippen molar-refractivity contribution in [2.24, 2.45) is 0 Å². The smallest absolute Gasteiger partial charge is 0.253 e. The number of rotatable bonds is 11. The van der Waals surface area contributed by atoms with Crippen LogP contribution in [0.25, 0.3) is 22.2 Å². The topological polar surface area (TPSA) is 45.7 Å². The van der Waals surface area contributed by atoms with Crippen LogP contribution in [0.2, 0.25) is 5.02 Å². The van der Waals surface area contributed by atoms with Gasteiger partial charge in [0.25, 0.3) is 5.91 Å². The van der Waals surface area contributed by atoms with Crippen LogP contribution in [-0.4, -0.2) is 60.6 Å². The molecular weight excluding hydrogens is 434 g/mol. The van der Waals surface area contributed by atoms with E-state index in [1.165, 1.54) is 5.56 Å². The highest BCUT2D eigenvalue weighted by molar-refractivity contribution is 6.31. The number of amides is 1. The second-order valence-corrected chi connectivity index (χ2v) is 8.59. The molecule has 0 saturated heterocycles. The maximum absolute atomic E-state index is 12.8. The van der Waals surface area contributed by atoms with E-state index in [0.717, 1.165) is 54.8 Å². The Morgan fingerprint density at radius 1 is 1.00 bits per heavy atom. The van der Waals surface area contributed by atoms with Crippen LogP contribution in [0.4, 0.5) is 0 Å². The van der Waals surface area contributed by atoms with Crippen molar-refractivity contribution >= 4 is 28.4 Å². The van der Waals surface area contributed by atoms with Crippen molar-refractivity contribution in [2.45, 2.75) is 33.7 Å². The Hall–Kier alpha value is -2.47. The van der Waals surface area contributed by atoms with Gasteiger partial charge >= 0.3 is 0 Å². The monoisotopic (exact) mass is 467 g/mol. The number of ether oxygens (including phenoxy) is 1. The van der Waals surface area contributed by atoms with Crippen molar-refractivity contribution in [1.82, 2.24) is 14.8 Å². The standard InChI is InChI=1S/C27H34ClN3O2/c1-5-14-31(7-3)27(32)21-10-8-20(9-11-21)25-17-22(19-30(6-2)15-16-33-4)24-13-12-23(28)18-26(24)29-25/h8-13,17-18H,5-7,14-16,19H2,1-4H3. The lowest BCUT2D eigenvalue weighted by atomic mass is 10.0. The van der Waals surface area contributed by atoms with Gasteiger partial charge in [0.15, 0.2) is 0 Å². The summed E-state index contributed by atoms with van der Waals surface area (Å²) in [6, 6.07) is 15.8. The number of aromatic nitrogens is 1. The van der Waals surface area contributed by atoms with E-state index in [1.54, 1.807) is 7.11 Å². The van der Waals surface area contributed by atoms with Crippen LogP contribution in [0.1, 0.15) is 43.1 Å². The molecule has 0 atom stereocenters. The van der Waals surface area contributed by atoms with E-state index in [-0.39, 0.29) is 5.91 Å². The average Bonchev–Trinajstić information content (AvgIpc) is 2.84. The Labute approximate surface area is 202 Å². The largest absolute Gasteiger partial charge is 0.383 e. The highest BCUT2D eigenvalue weighted by Gasteiger charge is 2.15. The quantitative estimate of drug-likeness (QED) is 0.352. The third-order valence-electron chi connectivity index (χ3n) is 5.90. The second-order valence-electron chi connectivity index (χ2n) is 8.15. The van der Waals surface area contributed by atoms with Crippen molar-refractivity contribution < 1.29 is 9.53 Å². The zero-order valence-corrected chi connectivity index (χ0v) is 20.9. The van der Waals surface area contributed by atoms with Gasteiger partial charge in [-0.3, -0.25) is 9.69 Å². The molecule has 1 heterocycles. The third kappa shape index (κ3) is 6.32. The van der Waals surface area contributed by atoms with E-state index in [9.17, 15) is 4.79 Å². The zero-order valence-electron chi connectivity index (χ0n) is 20.1. The summed E-state index contributed by atoms with van der Waals surface area (Å²) < 4.78 is 5.28. The van der Waals surface area contributed by atoms with Gasteiger partial charge in [0.1, 0.15) is 0 Å². The molecule has 0 aliphatic heterocycles. The van der Waals surface area contributed by atoms with Gasteiger partial charge in [-0.25, -0.2) is 4.98 Å². The van der Waals surface area contributed by atoms with Gasteiger partial charge < -0.3 is 9.64 Å². The van der Waals surface area contributed by atoms with Crippen LogP contribution >= 0.6 is 11.6 Å². The molecule has 0 fully saturated rings. The number of benzene rings is 2. The van der Waals surface area contributed by atoms with Crippen LogP contribution in [0.5, 0.6) is 0 Å². The molecule has 176 valence electrons. The molecule has 0 spiro atoms. The summed E-state index contributed by atoms with van der Waals surface area (Å²) in [4.78, 5) is 21.9. The first-order valence-electron chi connectivity index (χ1n) is 11.7. The van der Waals surface area contributed by atoms with E-state index >= 15 is 0 Å². The molecule has 33 heavy (non-hydrogen) atoms. The number of methoxy groups -OCH3 is 1. The molecule has 0 N–H and O–H groups in total. The summed E-state index contributed by atoms with van der Waals surface area (Å²) in [6.07, 6.45) is 0.948. The summed E-state index contributed by atoms with van der Waals surface area (Å²) in [7, 11) is 1.73. The van der Waals surface area contributed by atoms with Crippen LogP contribution < -0.4 is 0 Å². The Balaban J connectivity index is 1.96. The molecule has 3 rings (SSSR count). The van der Waals surface area contributed by atoms with E-state index in [0.29, 0.717) is 23.7 Å². The first kappa shape index (κ1) is 25.2. The Morgan fingerprint density at radius 2 is 1.76 bits per heavy atom. The number of fused-ring (bicyclic) bond motifs is 1. The van der Waals surface area contributed by atoms with Gasteiger partial charge in [0.05, 0.1) is 17.8 Å². The molecule has 5 nitrogen and oxygen atoms in total. The number of hydrogen-bond donors (Lipinski definition) is 0. The van der Waals surface area contributed by atoms with Crippen LogP contribution in [0.15, 0.2) is 48.5 Å². The molecule has 3 aromatic rings. The summed E-state index contributed by atoms with van der Waals surface area (Å²) in [5.74, 6) is 0.0709. The first-order valence-corrected chi connectivity index (χ1v) is 12.1. The van der Waals surface area contributed by atoms with Crippen LogP contribution in [0, 0.1) is 0 Å². The highest BCUT2D eigenvalue weighted by Crippen LogP contribution is 2.28. The normalized spacial score (nSPS) is 11.3. The molecule has 0 unspecified atom stereocenters. The molecule has 1 aromatic heterocycles. The number of carbonyl (C=O) groups excluding carboxylic acids is 1. The van der Waals surface area contributed by atoms with E-state index in [2.05, 4.69) is 24.8 Å². The molecule has 0 saturated carbocycles.